The van der Waals surface area contributed by atoms with Gasteiger partial charge in [-0.25, -0.2) is 0 Å². The van der Waals surface area contributed by atoms with Gasteiger partial charge in [-0.15, -0.1) is 0 Å². The van der Waals surface area contributed by atoms with Crippen LogP contribution in [0.15, 0.2) is 91.0 Å². The molecule has 0 aliphatic rings. The minimum atomic E-state index is -3.06. The van der Waals surface area contributed by atoms with Crippen LogP contribution in [0.3, 0.4) is 0 Å². The second-order valence-corrected chi connectivity index (χ2v) is 15.4. The second kappa shape index (κ2) is 12.5. The summed E-state index contributed by atoms with van der Waals surface area (Å²) in [6.07, 6.45) is 11.4. The van der Waals surface area contributed by atoms with E-state index in [0.29, 0.717) is 0 Å². The summed E-state index contributed by atoms with van der Waals surface area (Å²) in [7, 11) is 2.03. The van der Waals surface area contributed by atoms with Crippen molar-refractivity contribution in [3.8, 4) is 0 Å². The van der Waals surface area contributed by atoms with Crippen molar-refractivity contribution in [1.82, 2.24) is 5.32 Å². The van der Waals surface area contributed by atoms with Crippen LogP contribution in [-0.4, -0.2) is 19.8 Å². The molecule has 3 aromatic carbocycles. The first-order valence-electron chi connectivity index (χ1n) is 12.2. The van der Waals surface area contributed by atoms with E-state index in [4.69, 9.17) is 11.2 Å². The van der Waals surface area contributed by atoms with Crippen molar-refractivity contribution < 1.29 is 0 Å². The van der Waals surface area contributed by atoms with Crippen molar-refractivity contribution in [3.63, 3.8) is 0 Å². The monoisotopic (exact) mass is 467 g/mol. The number of halogens is 1. The summed E-state index contributed by atoms with van der Waals surface area (Å²) in [6, 6.07) is 32.6. The topological polar surface area (TPSA) is 12.0 Å². The molecule has 1 N–H and O–H groups in total. The third kappa shape index (κ3) is 5.82. The van der Waals surface area contributed by atoms with Crippen LogP contribution in [0.2, 0.25) is 0 Å². The van der Waals surface area contributed by atoms with Crippen LogP contribution in [0.25, 0.3) is 0 Å². The molecule has 0 radical (unpaired) electrons. The van der Waals surface area contributed by atoms with E-state index in [0.717, 1.165) is 19.1 Å². The number of benzene rings is 3. The Kier molecular flexibility index (Phi) is 9.79. The number of hydrogen-bond donors (Lipinski definition) is 1. The fraction of sp³-hybridized carbons (Fsp3) is 0.379. The molecule has 0 aromatic heterocycles. The van der Waals surface area contributed by atoms with Gasteiger partial charge < -0.3 is 0 Å². The molecular formula is C29H39ClNP. The van der Waals surface area contributed by atoms with Crippen molar-refractivity contribution >= 4 is 33.1 Å². The van der Waals surface area contributed by atoms with Crippen molar-refractivity contribution in [3.05, 3.63) is 91.0 Å². The summed E-state index contributed by atoms with van der Waals surface area (Å²) in [4.78, 5) is 0. The van der Waals surface area contributed by atoms with E-state index in [9.17, 15) is 0 Å². The Balaban J connectivity index is 1.78. The summed E-state index contributed by atoms with van der Waals surface area (Å²) in [6.45, 7) is 1.14. The van der Waals surface area contributed by atoms with E-state index >= 15 is 0 Å². The molecule has 0 aliphatic carbocycles. The Labute approximate surface area is 200 Å². The van der Waals surface area contributed by atoms with Gasteiger partial charge in [-0.05, 0) is 0 Å². The average Bonchev–Trinajstić information content (AvgIpc) is 2.87. The fourth-order valence-corrected chi connectivity index (χ4v) is 11.1. The van der Waals surface area contributed by atoms with E-state index in [1.165, 1.54) is 60.9 Å². The summed E-state index contributed by atoms with van der Waals surface area (Å²) < 4.78 is 0. The van der Waals surface area contributed by atoms with Crippen LogP contribution < -0.4 is 21.2 Å². The van der Waals surface area contributed by atoms with Crippen LogP contribution in [0.1, 0.15) is 51.4 Å². The van der Waals surface area contributed by atoms with Crippen molar-refractivity contribution in [2.45, 2.75) is 51.4 Å². The molecule has 0 fully saturated rings. The predicted octanol–water partition coefficient (Wildman–Crippen LogP) is 7.01. The van der Waals surface area contributed by atoms with E-state index < -0.39 is 5.96 Å². The van der Waals surface area contributed by atoms with Crippen LogP contribution in [-0.2, 0) is 0 Å². The van der Waals surface area contributed by atoms with Crippen molar-refractivity contribution in [1.29, 1.82) is 0 Å². The fourth-order valence-electron chi connectivity index (χ4n) is 4.82. The van der Waals surface area contributed by atoms with E-state index in [-0.39, 0.29) is 0 Å². The summed E-state index contributed by atoms with van der Waals surface area (Å²) in [5.74, 6) is -3.06. The molecule has 0 atom stereocenters. The standard InChI is InChI=1S/C29H39ClNP/c1-31-25-17-6-4-2-3-5-7-18-26-32(30,27-19-11-8-12-20-27,28-21-13-9-14-22-28)29-23-15-10-16-24-29/h8-16,19-24,31H,2-7,17-18,25-26H2,1H3. The number of hydrogen-bond acceptors (Lipinski definition) is 1. The molecule has 0 saturated carbocycles. The van der Waals surface area contributed by atoms with Gasteiger partial charge in [0, 0.05) is 0 Å². The Morgan fingerprint density at radius 2 is 0.875 bits per heavy atom. The minimum absolute atomic E-state index is 1.01. The van der Waals surface area contributed by atoms with Crippen molar-refractivity contribution in [2.24, 2.45) is 0 Å². The number of rotatable bonds is 14. The molecule has 0 bridgehead atoms. The molecule has 0 amide bonds. The zero-order chi connectivity index (χ0) is 22.6. The Hall–Kier alpha value is -1.66. The first kappa shape index (κ1) is 25.0. The van der Waals surface area contributed by atoms with Crippen molar-refractivity contribution in [2.75, 3.05) is 19.8 Å². The Morgan fingerprint density at radius 1 is 0.531 bits per heavy atom. The Morgan fingerprint density at radius 3 is 1.25 bits per heavy atom. The second-order valence-electron chi connectivity index (χ2n) is 8.85. The van der Waals surface area contributed by atoms with Crippen LogP contribution in [0, 0.1) is 0 Å². The van der Waals surface area contributed by atoms with Gasteiger partial charge in [0.25, 0.3) is 0 Å². The van der Waals surface area contributed by atoms with E-state index in [1.54, 1.807) is 0 Å². The molecule has 3 aromatic rings. The van der Waals surface area contributed by atoms with Gasteiger partial charge >= 0.3 is 201 Å². The van der Waals surface area contributed by atoms with Gasteiger partial charge in [0.15, 0.2) is 0 Å². The molecule has 0 aliphatic heterocycles. The van der Waals surface area contributed by atoms with Gasteiger partial charge in [-0.1, -0.05) is 0 Å². The third-order valence-electron chi connectivity index (χ3n) is 6.64. The molecular weight excluding hydrogens is 429 g/mol. The van der Waals surface area contributed by atoms with Gasteiger partial charge in [0.1, 0.15) is 0 Å². The maximum atomic E-state index is 8.11. The molecule has 172 valence electrons. The molecule has 0 saturated heterocycles. The normalized spacial score (nSPS) is 12.9. The summed E-state index contributed by atoms with van der Waals surface area (Å²) >= 11 is 8.11. The third-order valence-corrected chi connectivity index (χ3v) is 14.2. The average molecular weight is 468 g/mol. The van der Waals surface area contributed by atoms with Crippen LogP contribution in [0.4, 0.5) is 0 Å². The molecule has 3 rings (SSSR count). The Bertz CT molecular complexity index is 799. The quantitative estimate of drug-likeness (QED) is 0.198. The summed E-state index contributed by atoms with van der Waals surface area (Å²) in [5, 5.41) is 7.07. The summed E-state index contributed by atoms with van der Waals surface area (Å²) in [5.41, 5.74) is 0. The van der Waals surface area contributed by atoms with Gasteiger partial charge in [0.05, 0.1) is 0 Å². The van der Waals surface area contributed by atoms with Crippen LogP contribution >= 0.6 is 17.2 Å². The molecule has 3 heteroatoms. The molecule has 1 nitrogen and oxygen atoms in total. The zero-order valence-corrected chi connectivity index (χ0v) is 21.2. The first-order chi connectivity index (χ1) is 15.7. The maximum absolute atomic E-state index is 8.11. The van der Waals surface area contributed by atoms with Gasteiger partial charge in [-0.2, -0.15) is 0 Å². The van der Waals surface area contributed by atoms with E-state index in [2.05, 4.69) is 96.3 Å². The molecule has 0 unspecified atom stereocenters. The van der Waals surface area contributed by atoms with Gasteiger partial charge in [0.2, 0.25) is 0 Å². The molecule has 32 heavy (non-hydrogen) atoms. The predicted molar refractivity (Wildman–Crippen MR) is 147 cm³/mol. The number of unbranched alkanes of at least 4 members (excludes halogenated alkanes) is 7. The van der Waals surface area contributed by atoms with Crippen LogP contribution in [0.5, 0.6) is 0 Å². The molecule has 0 spiro atoms. The molecule has 0 heterocycles. The zero-order valence-electron chi connectivity index (χ0n) is 19.6. The van der Waals surface area contributed by atoms with E-state index in [1.807, 2.05) is 7.05 Å². The number of nitrogens with one attached hydrogen (secondary N) is 1. The first-order valence-corrected chi connectivity index (χ1v) is 15.6. The SMILES string of the molecule is CNCCCCCCCCCCP(Cl)(c1ccccc1)(c1ccccc1)c1ccccc1. The van der Waals surface area contributed by atoms with Gasteiger partial charge in [-0.3, -0.25) is 0 Å².